The smallest absolute Gasteiger partial charge is 0.263 e. The van der Waals surface area contributed by atoms with Crippen molar-refractivity contribution in [1.82, 2.24) is 14.8 Å². The van der Waals surface area contributed by atoms with E-state index in [1.54, 1.807) is 18.0 Å². The topological polar surface area (TPSA) is 71.4 Å². The van der Waals surface area contributed by atoms with E-state index in [0.717, 1.165) is 36.6 Å². The number of carbonyl (C=O) groups is 2. The molecule has 2 fully saturated rings. The first-order valence-electron chi connectivity index (χ1n) is 9.64. The number of fused-ring (bicyclic) bond motifs is 1. The molecule has 1 N–H and O–H groups in total. The van der Waals surface area contributed by atoms with Gasteiger partial charge < -0.3 is 14.8 Å². The van der Waals surface area contributed by atoms with Gasteiger partial charge in [-0.1, -0.05) is 18.2 Å². The van der Waals surface area contributed by atoms with Crippen molar-refractivity contribution < 1.29 is 9.59 Å². The molecule has 142 valence electrons. The van der Waals surface area contributed by atoms with Gasteiger partial charge in [0, 0.05) is 26.2 Å². The summed E-state index contributed by atoms with van der Waals surface area (Å²) in [6.07, 6.45) is 3.28. The molecule has 2 atom stereocenters. The van der Waals surface area contributed by atoms with Crippen molar-refractivity contribution in [1.29, 1.82) is 0 Å². The Hall–Kier alpha value is -2.63. The van der Waals surface area contributed by atoms with Crippen LogP contribution in [0.25, 0.3) is 10.9 Å². The average molecular weight is 367 g/mol. The second-order valence-electron chi connectivity index (χ2n) is 7.77. The van der Waals surface area contributed by atoms with Crippen molar-refractivity contribution >= 4 is 22.7 Å². The summed E-state index contributed by atoms with van der Waals surface area (Å²) in [5.41, 5.74) is 0.151. The lowest BCUT2D eigenvalue weighted by Gasteiger charge is -2.49. The number of aromatic nitrogens is 1. The minimum absolute atomic E-state index is 0.0464. The minimum atomic E-state index is -0.533. The van der Waals surface area contributed by atoms with Gasteiger partial charge in [-0.15, -0.1) is 0 Å². The molecule has 0 unspecified atom stereocenters. The third-order valence-electron chi connectivity index (χ3n) is 6.45. The molecular formula is C21H25N3O3. The molecule has 1 spiro atoms. The fourth-order valence-electron chi connectivity index (χ4n) is 4.81. The summed E-state index contributed by atoms with van der Waals surface area (Å²) in [6.45, 7) is 3.23. The standard InChI is InChI=1S/C21H25N3O3/c1-14-21(9-5-11-22-20(21)27)10-6-12-24(14)19(26)16-13-15-7-3-4-8-17(15)23(2)18(16)25/h3-4,7-8,13-14H,5-6,9-12H2,1-2H3,(H,22,27)/t14-,21+/m1/s1. The summed E-state index contributed by atoms with van der Waals surface area (Å²) >= 11 is 0. The largest absolute Gasteiger partial charge is 0.356 e. The molecule has 6 heteroatoms. The van der Waals surface area contributed by atoms with Crippen LogP contribution in [0.4, 0.5) is 0 Å². The molecule has 27 heavy (non-hydrogen) atoms. The number of benzene rings is 1. The van der Waals surface area contributed by atoms with Gasteiger partial charge in [0.25, 0.3) is 11.5 Å². The molecule has 1 aromatic carbocycles. The predicted octanol–water partition coefficient (Wildman–Crippen LogP) is 2.06. The van der Waals surface area contributed by atoms with Crippen LogP contribution >= 0.6 is 0 Å². The van der Waals surface area contributed by atoms with Gasteiger partial charge in [0.15, 0.2) is 0 Å². The number of piperidine rings is 2. The van der Waals surface area contributed by atoms with Crippen molar-refractivity contribution in [2.24, 2.45) is 12.5 Å². The lowest BCUT2D eigenvalue weighted by atomic mass is 9.68. The molecule has 3 heterocycles. The van der Waals surface area contributed by atoms with E-state index < -0.39 is 5.41 Å². The third-order valence-corrected chi connectivity index (χ3v) is 6.45. The molecule has 0 saturated carbocycles. The quantitative estimate of drug-likeness (QED) is 0.839. The lowest BCUT2D eigenvalue weighted by molar-refractivity contribution is -0.140. The van der Waals surface area contributed by atoms with Crippen molar-refractivity contribution in [2.45, 2.75) is 38.6 Å². The van der Waals surface area contributed by atoms with E-state index >= 15 is 0 Å². The van der Waals surface area contributed by atoms with Crippen LogP contribution in [-0.2, 0) is 11.8 Å². The van der Waals surface area contributed by atoms with E-state index in [2.05, 4.69) is 5.32 Å². The van der Waals surface area contributed by atoms with Crippen molar-refractivity contribution in [3.05, 3.63) is 46.2 Å². The molecule has 2 aromatic rings. The first-order chi connectivity index (χ1) is 13.0. The Balaban J connectivity index is 1.74. The van der Waals surface area contributed by atoms with Crippen LogP contribution in [-0.4, -0.2) is 40.4 Å². The highest BCUT2D eigenvalue weighted by molar-refractivity contribution is 5.98. The molecule has 1 aromatic heterocycles. The van der Waals surface area contributed by atoms with Crippen LogP contribution in [0.1, 0.15) is 43.0 Å². The molecule has 0 radical (unpaired) electrons. The molecule has 2 amide bonds. The Labute approximate surface area is 158 Å². The summed E-state index contributed by atoms with van der Waals surface area (Å²) in [6, 6.07) is 9.01. The second-order valence-corrected chi connectivity index (χ2v) is 7.77. The minimum Gasteiger partial charge on any atom is -0.356 e. The monoisotopic (exact) mass is 367 g/mol. The summed E-state index contributed by atoms with van der Waals surface area (Å²) in [7, 11) is 1.69. The number of carbonyl (C=O) groups excluding carboxylic acids is 2. The zero-order valence-corrected chi connectivity index (χ0v) is 15.8. The number of aryl methyl sites for hydroxylation is 1. The molecular weight excluding hydrogens is 342 g/mol. The summed E-state index contributed by atoms with van der Waals surface area (Å²) in [5.74, 6) is -0.225. The lowest BCUT2D eigenvalue weighted by Crippen LogP contribution is -2.61. The van der Waals surface area contributed by atoms with E-state index in [1.807, 2.05) is 31.2 Å². The maximum absolute atomic E-state index is 13.3. The number of pyridine rings is 1. The summed E-state index contributed by atoms with van der Waals surface area (Å²) < 4.78 is 1.53. The molecule has 2 aliphatic rings. The molecule has 6 nitrogen and oxygen atoms in total. The SMILES string of the molecule is C[C@H]1N(C(=O)c2cc3ccccc3n(C)c2=O)CCC[C@@]12CCCNC2=O. The van der Waals surface area contributed by atoms with E-state index in [-0.39, 0.29) is 29.0 Å². The van der Waals surface area contributed by atoms with Crippen molar-refractivity contribution in [2.75, 3.05) is 13.1 Å². The number of likely N-dealkylation sites (tertiary alicyclic amines) is 1. The zero-order chi connectivity index (χ0) is 19.2. The predicted molar refractivity (Wildman–Crippen MR) is 104 cm³/mol. The fraction of sp³-hybridized carbons (Fsp3) is 0.476. The van der Waals surface area contributed by atoms with Gasteiger partial charge in [-0.05, 0) is 50.1 Å². The van der Waals surface area contributed by atoms with Crippen LogP contribution in [0.2, 0.25) is 0 Å². The molecule has 4 rings (SSSR count). The number of amides is 2. The second kappa shape index (κ2) is 6.51. The van der Waals surface area contributed by atoms with Crippen molar-refractivity contribution in [3.63, 3.8) is 0 Å². The maximum Gasteiger partial charge on any atom is 0.263 e. The van der Waals surface area contributed by atoms with Crippen LogP contribution < -0.4 is 10.9 Å². The van der Waals surface area contributed by atoms with Crippen LogP contribution in [0.5, 0.6) is 0 Å². The van der Waals surface area contributed by atoms with Gasteiger partial charge in [-0.2, -0.15) is 0 Å². The van der Waals surface area contributed by atoms with Gasteiger partial charge in [0.05, 0.1) is 10.9 Å². The zero-order valence-electron chi connectivity index (χ0n) is 15.8. The molecule has 0 aliphatic carbocycles. The molecule has 2 aliphatic heterocycles. The number of nitrogens with zero attached hydrogens (tertiary/aromatic N) is 2. The van der Waals surface area contributed by atoms with E-state index in [9.17, 15) is 14.4 Å². The van der Waals surface area contributed by atoms with E-state index in [1.165, 1.54) is 4.57 Å². The first-order valence-corrected chi connectivity index (χ1v) is 9.64. The van der Waals surface area contributed by atoms with Crippen LogP contribution in [0.15, 0.2) is 35.1 Å². The van der Waals surface area contributed by atoms with Crippen LogP contribution in [0, 0.1) is 5.41 Å². The first kappa shape index (κ1) is 17.8. The summed E-state index contributed by atoms with van der Waals surface area (Å²) in [5, 5.41) is 3.83. The summed E-state index contributed by atoms with van der Waals surface area (Å²) in [4.78, 5) is 40.6. The number of hydrogen-bond donors (Lipinski definition) is 1. The number of para-hydroxylation sites is 1. The Morgan fingerprint density at radius 2 is 1.93 bits per heavy atom. The Kier molecular flexibility index (Phi) is 4.29. The highest BCUT2D eigenvalue weighted by atomic mass is 16.2. The Morgan fingerprint density at radius 3 is 2.70 bits per heavy atom. The van der Waals surface area contributed by atoms with Gasteiger partial charge >= 0.3 is 0 Å². The Morgan fingerprint density at radius 1 is 1.19 bits per heavy atom. The van der Waals surface area contributed by atoms with Crippen molar-refractivity contribution in [3.8, 4) is 0 Å². The number of hydrogen-bond acceptors (Lipinski definition) is 3. The normalized spacial score (nSPS) is 25.6. The fourth-order valence-corrected chi connectivity index (χ4v) is 4.81. The van der Waals surface area contributed by atoms with Gasteiger partial charge in [0.2, 0.25) is 5.91 Å². The number of rotatable bonds is 1. The van der Waals surface area contributed by atoms with E-state index in [4.69, 9.17) is 0 Å². The third kappa shape index (κ3) is 2.66. The van der Waals surface area contributed by atoms with Gasteiger partial charge in [-0.25, -0.2) is 0 Å². The maximum atomic E-state index is 13.3. The van der Waals surface area contributed by atoms with E-state index in [0.29, 0.717) is 13.1 Å². The van der Waals surface area contributed by atoms with Crippen LogP contribution in [0.3, 0.4) is 0 Å². The Bertz CT molecular complexity index is 976. The van der Waals surface area contributed by atoms with Gasteiger partial charge in [-0.3, -0.25) is 14.4 Å². The van der Waals surface area contributed by atoms with Gasteiger partial charge in [0.1, 0.15) is 5.56 Å². The molecule has 0 bridgehead atoms. The highest BCUT2D eigenvalue weighted by Gasteiger charge is 2.50. The average Bonchev–Trinajstić information content (AvgIpc) is 2.68. The number of nitrogens with one attached hydrogen (secondary N) is 1. The molecule has 2 saturated heterocycles. The highest BCUT2D eigenvalue weighted by Crippen LogP contribution is 2.42.